The minimum Gasteiger partial charge on any atom is -0.371 e. The molecule has 0 atom stereocenters. The maximum Gasteiger partial charge on any atom is 0.217 e. The lowest BCUT2D eigenvalue weighted by Gasteiger charge is -2.33. The predicted octanol–water partition coefficient (Wildman–Crippen LogP) is 1.66. The standard InChI is InChI=1S/C14H17N3O/c1-11(18)16-13-6-8-17(9-7-13)14-4-2-12(10-15)3-5-14/h2-5,13H,6-9H2,1H3,(H,16,18). The summed E-state index contributed by atoms with van der Waals surface area (Å²) in [6.45, 7) is 3.45. The third-order valence-electron chi connectivity index (χ3n) is 3.26. The summed E-state index contributed by atoms with van der Waals surface area (Å²) in [6, 6.07) is 10.1. The van der Waals surface area contributed by atoms with Crippen molar-refractivity contribution in [2.75, 3.05) is 18.0 Å². The number of hydrogen-bond acceptors (Lipinski definition) is 3. The summed E-state index contributed by atoms with van der Waals surface area (Å²) in [4.78, 5) is 13.3. The number of nitriles is 1. The fourth-order valence-corrected chi connectivity index (χ4v) is 2.32. The SMILES string of the molecule is CC(=O)NC1CCN(c2ccc(C#N)cc2)CC1. The number of benzene rings is 1. The molecule has 0 aliphatic carbocycles. The van der Waals surface area contributed by atoms with E-state index < -0.39 is 0 Å². The summed E-state index contributed by atoms with van der Waals surface area (Å²) in [6.07, 6.45) is 1.94. The lowest BCUT2D eigenvalue weighted by molar-refractivity contribution is -0.119. The summed E-state index contributed by atoms with van der Waals surface area (Å²) in [7, 11) is 0. The van der Waals surface area contributed by atoms with Crippen LogP contribution < -0.4 is 10.2 Å². The molecule has 0 bridgehead atoms. The van der Waals surface area contributed by atoms with Gasteiger partial charge in [-0.25, -0.2) is 0 Å². The van der Waals surface area contributed by atoms with Crippen molar-refractivity contribution in [1.29, 1.82) is 5.26 Å². The third kappa shape index (κ3) is 3.01. The molecule has 0 spiro atoms. The normalized spacial score (nSPS) is 16.1. The van der Waals surface area contributed by atoms with Gasteiger partial charge in [0.2, 0.25) is 5.91 Å². The van der Waals surface area contributed by atoms with E-state index in [1.54, 1.807) is 6.92 Å². The van der Waals surface area contributed by atoms with Crippen LogP contribution in [0.3, 0.4) is 0 Å². The first-order chi connectivity index (χ1) is 8.69. The number of piperidine rings is 1. The second kappa shape index (κ2) is 5.54. The van der Waals surface area contributed by atoms with E-state index >= 15 is 0 Å². The van der Waals surface area contributed by atoms with Crippen LogP contribution >= 0.6 is 0 Å². The smallest absolute Gasteiger partial charge is 0.217 e. The van der Waals surface area contributed by atoms with E-state index in [-0.39, 0.29) is 5.91 Å². The highest BCUT2D eigenvalue weighted by Gasteiger charge is 2.19. The molecule has 1 amide bonds. The van der Waals surface area contributed by atoms with Crippen molar-refractivity contribution in [3.8, 4) is 6.07 Å². The van der Waals surface area contributed by atoms with Crippen LogP contribution in [0.4, 0.5) is 5.69 Å². The van der Waals surface area contributed by atoms with Crippen molar-refractivity contribution in [3.05, 3.63) is 29.8 Å². The summed E-state index contributed by atoms with van der Waals surface area (Å²) in [5.74, 6) is 0.0480. The van der Waals surface area contributed by atoms with Gasteiger partial charge >= 0.3 is 0 Å². The van der Waals surface area contributed by atoms with Crippen LogP contribution in [0, 0.1) is 11.3 Å². The summed E-state index contributed by atoms with van der Waals surface area (Å²) in [5.41, 5.74) is 1.84. The van der Waals surface area contributed by atoms with Crippen LogP contribution in [0.15, 0.2) is 24.3 Å². The van der Waals surface area contributed by atoms with Gasteiger partial charge in [0.15, 0.2) is 0 Å². The van der Waals surface area contributed by atoms with E-state index in [1.807, 2.05) is 24.3 Å². The maximum absolute atomic E-state index is 11.0. The van der Waals surface area contributed by atoms with Gasteiger partial charge in [-0.3, -0.25) is 4.79 Å². The zero-order valence-electron chi connectivity index (χ0n) is 10.5. The number of carbonyl (C=O) groups is 1. The van der Waals surface area contributed by atoms with Crippen LogP contribution in [0.5, 0.6) is 0 Å². The Labute approximate surface area is 107 Å². The first-order valence-electron chi connectivity index (χ1n) is 6.21. The summed E-state index contributed by atoms with van der Waals surface area (Å²) < 4.78 is 0. The van der Waals surface area contributed by atoms with Crippen molar-refractivity contribution >= 4 is 11.6 Å². The van der Waals surface area contributed by atoms with Crippen LogP contribution in [-0.2, 0) is 4.79 Å². The molecule has 94 valence electrons. The molecular formula is C14H17N3O. The molecule has 1 fully saturated rings. The molecular weight excluding hydrogens is 226 g/mol. The summed E-state index contributed by atoms with van der Waals surface area (Å²) in [5, 5.41) is 11.7. The van der Waals surface area contributed by atoms with Crippen LogP contribution in [0.25, 0.3) is 0 Å². The van der Waals surface area contributed by atoms with Crippen molar-refractivity contribution < 1.29 is 4.79 Å². The van der Waals surface area contributed by atoms with Gasteiger partial charge in [0.05, 0.1) is 11.6 Å². The Kier molecular flexibility index (Phi) is 3.83. The number of nitrogens with one attached hydrogen (secondary N) is 1. The van der Waals surface area contributed by atoms with Gasteiger partial charge < -0.3 is 10.2 Å². The Hall–Kier alpha value is -2.02. The monoisotopic (exact) mass is 243 g/mol. The lowest BCUT2D eigenvalue weighted by atomic mass is 10.0. The molecule has 1 heterocycles. The fourth-order valence-electron chi connectivity index (χ4n) is 2.32. The van der Waals surface area contributed by atoms with Gasteiger partial charge in [-0.1, -0.05) is 0 Å². The molecule has 1 aromatic rings. The third-order valence-corrected chi connectivity index (χ3v) is 3.26. The highest BCUT2D eigenvalue weighted by atomic mass is 16.1. The van der Waals surface area contributed by atoms with Gasteiger partial charge in [0, 0.05) is 31.7 Å². The Morgan fingerprint density at radius 1 is 1.33 bits per heavy atom. The number of rotatable bonds is 2. The molecule has 0 unspecified atom stereocenters. The number of nitrogens with zero attached hydrogens (tertiary/aromatic N) is 2. The highest BCUT2D eigenvalue weighted by Crippen LogP contribution is 2.20. The average Bonchev–Trinajstić information content (AvgIpc) is 2.39. The van der Waals surface area contributed by atoms with E-state index in [2.05, 4.69) is 16.3 Å². The van der Waals surface area contributed by atoms with Gasteiger partial charge in [-0.2, -0.15) is 5.26 Å². The number of carbonyl (C=O) groups excluding carboxylic acids is 1. The molecule has 1 N–H and O–H groups in total. The van der Waals surface area contributed by atoms with Gasteiger partial charge in [0.1, 0.15) is 0 Å². The minimum atomic E-state index is 0.0480. The Morgan fingerprint density at radius 3 is 2.44 bits per heavy atom. The van der Waals surface area contributed by atoms with Gasteiger partial charge in [-0.05, 0) is 37.1 Å². The van der Waals surface area contributed by atoms with E-state index in [1.165, 1.54) is 0 Å². The van der Waals surface area contributed by atoms with E-state index in [0.29, 0.717) is 11.6 Å². The van der Waals surface area contributed by atoms with Crippen LogP contribution in [0.1, 0.15) is 25.3 Å². The van der Waals surface area contributed by atoms with Crippen LogP contribution in [0.2, 0.25) is 0 Å². The topological polar surface area (TPSA) is 56.1 Å². The number of anilines is 1. The molecule has 1 aromatic carbocycles. The fraction of sp³-hybridized carbons (Fsp3) is 0.429. The Balaban J connectivity index is 1.93. The molecule has 0 radical (unpaired) electrons. The zero-order chi connectivity index (χ0) is 13.0. The van der Waals surface area contributed by atoms with Crippen molar-refractivity contribution in [2.45, 2.75) is 25.8 Å². The first kappa shape index (κ1) is 12.4. The Bertz CT molecular complexity index is 453. The minimum absolute atomic E-state index is 0.0480. The molecule has 1 aliphatic heterocycles. The van der Waals surface area contributed by atoms with E-state index in [0.717, 1.165) is 31.6 Å². The van der Waals surface area contributed by atoms with Crippen molar-refractivity contribution in [2.24, 2.45) is 0 Å². The molecule has 0 saturated carbocycles. The molecule has 1 aliphatic rings. The molecule has 0 aromatic heterocycles. The predicted molar refractivity (Wildman–Crippen MR) is 70.2 cm³/mol. The van der Waals surface area contributed by atoms with E-state index in [9.17, 15) is 4.79 Å². The maximum atomic E-state index is 11.0. The molecule has 18 heavy (non-hydrogen) atoms. The van der Waals surface area contributed by atoms with Gasteiger partial charge in [-0.15, -0.1) is 0 Å². The summed E-state index contributed by atoms with van der Waals surface area (Å²) >= 11 is 0. The van der Waals surface area contributed by atoms with E-state index in [4.69, 9.17) is 5.26 Å². The number of amides is 1. The highest BCUT2D eigenvalue weighted by molar-refractivity contribution is 5.73. The number of hydrogen-bond donors (Lipinski definition) is 1. The molecule has 1 saturated heterocycles. The first-order valence-corrected chi connectivity index (χ1v) is 6.21. The molecule has 4 heteroatoms. The van der Waals surface area contributed by atoms with Crippen LogP contribution in [-0.4, -0.2) is 25.0 Å². The average molecular weight is 243 g/mol. The van der Waals surface area contributed by atoms with Crippen molar-refractivity contribution in [3.63, 3.8) is 0 Å². The quantitative estimate of drug-likeness (QED) is 0.859. The molecule has 2 rings (SSSR count). The largest absolute Gasteiger partial charge is 0.371 e. The second-order valence-electron chi connectivity index (χ2n) is 4.62. The zero-order valence-corrected chi connectivity index (χ0v) is 10.5. The lowest BCUT2D eigenvalue weighted by Crippen LogP contribution is -2.44. The van der Waals surface area contributed by atoms with Crippen molar-refractivity contribution in [1.82, 2.24) is 5.32 Å². The second-order valence-corrected chi connectivity index (χ2v) is 4.62. The Morgan fingerprint density at radius 2 is 1.94 bits per heavy atom. The van der Waals surface area contributed by atoms with Gasteiger partial charge in [0.25, 0.3) is 0 Å². The molecule has 4 nitrogen and oxygen atoms in total.